The second-order valence-corrected chi connectivity index (χ2v) is 9.91. The van der Waals surface area contributed by atoms with Crippen LogP contribution in [0.2, 0.25) is 0 Å². The largest absolute Gasteiger partial charge is 0.487 e. The molecule has 166 valence electrons. The van der Waals surface area contributed by atoms with Crippen LogP contribution >= 0.6 is 0 Å². The molecule has 1 amide bonds. The van der Waals surface area contributed by atoms with E-state index in [9.17, 15) is 13.2 Å². The molecule has 0 radical (unpaired) electrons. The zero-order valence-corrected chi connectivity index (χ0v) is 18.5. The Bertz CT molecular complexity index is 1030. The topological polar surface area (TPSA) is 95.9 Å². The van der Waals surface area contributed by atoms with Gasteiger partial charge in [0.05, 0.1) is 12.2 Å². The van der Waals surface area contributed by atoms with Gasteiger partial charge in [0, 0.05) is 45.0 Å². The highest BCUT2D eigenvalue weighted by atomic mass is 32.2. The van der Waals surface area contributed by atoms with Gasteiger partial charge in [0.2, 0.25) is 10.0 Å². The van der Waals surface area contributed by atoms with Crippen molar-refractivity contribution in [1.82, 2.24) is 24.1 Å². The van der Waals surface area contributed by atoms with Crippen molar-refractivity contribution in [2.24, 2.45) is 0 Å². The Morgan fingerprint density at radius 3 is 2.71 bits per heavy atom. The standard InChI is InChI=1S/C21H27N5O4S/c1-24(2)13-14-26-17-7-11-25(21(27)16-15-22-9-10-23-16)12-8-18(17)30-19-5-3-4-6-20(19)31(26,28)29/h3-6,9-10,15,17-18H,7-8,11-14H2,1-2H3/t17-,18-/m0/s1. The maximum absolute atomic E-state index is 13.6. The third-order valence-corrected chi connectivity index (χ3v) is 7.69. The van der Waals surface area contributed by atoms with Gasteiger partial charge in [0.25, 0.3) is 5.91 Å². The van der Waals surface area contributed by atoms with E-state index in [0.717, 1.165) is 0 Å². The van der Waals surface area contributed by atoms with Crippen LogP contribution in [0.25, 0.3) is 0 Å². The number of para-hydroxylation sites is 1. The number of ether oxygens (including phenoxy) is 1. The van der Waals surface area contributed by atoms with Gasteiger partial charge in [0.15, 0.2) is 0 Å². The molecular weight excluding hydrogens is 418 g/mol. The minimum absolute atomic E-state index is 0.201. The number of carbonyl (C=O) groups excluding carboxylic acids is 1. The molecule has 2 atom stereocenters. The molecule has 1 fully saturated rings. The number of carbonyl (C=O) groups is 1. The van der Waals surface area contributed by atoms with Gasteiger partial charge in [-0.1, -0.05) is 12.1 Å². The Hall–Kier alpha value is -2.56. The number of benzene rings is 1. The smallest absolute Gasteiger partial charge is 0.274 e. The van der Waals surface area contributed by atoms with Crippen molar-refractivity contribution in [1.29, 1.82) is 0 Å². The average molecular weight is 446 g/mol. The van der Waals surface area contributed by atoms with Crippen LogP contribution in [-0.2, 0) is 10.0 Å². The minimum atomic E-state index is -3.74. The summed E-state index contributed by atoms with van der Waals surface area (Å²) in [5, 5.41) is 0. The van der Waals surface area contributed by atoms with Crippen molar-refractivity contribution in [2.45, 2.75) is 29.9 Å². The van der Waals surface area contributed by atoms with Gasteiger partial charge in [-0.2, -0.15) is 4.31 Å². The van der Waals surface area contributed by atoms with Crippen molar-refractivity contribution >= 4 is 15.9 Å². The number of nitrogens with zero attached hydrogens (tertiary/aromatic N) is 5. The first-order chi connectivity index (χ1) is 14.9. The van der Waals surface area contributed by atoms with E-state index < -0.39 is 10.0 Å². The van der Waals surface area contributed by atoms with Crippen LogP contribution in [0.1, 0.15) is 23.3 Å². The van der Waals surface area contributed by atoms with E-state index >= 15 is 0 Å². The van der Waals surface area contributed by atoms with Crippen molar-refractivity contribution < 1.29 is 17.9 Å². The summed E-state index contributed by atoms with van der Waals surface area (Å²) in [5.41, 5.74) is 0.285. The van der Waals surface area contributed by atoms with Crippen LogP contribution in [0, 0.1) is 0 Å². The number of fused-ring (bicyclic) bond motifs is 2. The highest BCUT2D eigenvalue weighted by molar-refractivity contribution is 7.89. The van der Waals surface area contributed by atoms with Crippen LogP contribution < -0.4 is 4.74 Å². The lowest BCUT2D eigenvalue weighted by Crippen LogP contribution is -2.49. The fourth-order valence-corrected chi connectivity index (χ4v) is 5.91. The van der Waals surface area contributed by atoms with E-state index in [2.05, 4.69) is 9.97 Å². The minimum Gasteiger partial charge on any atom is -0.487 e. The molecule has 0 bridgehead atoms. The third kappa shape index (κ3) is 4.41. The fourth-order valence-electron chi connectivity index (χ4n) is 4.12. The van der Waals surface area contributed by atoms with Gasteiger partial charge >= 0.3 is 0 Å². The zero-order chi connectivity index (χ0) is 22.0. The highest BCUT2D eigenvalue weighted by Gasteiger charge is 2.43. The number of likely N-dealkylation sites (tertiary alicyclic amines) is 1. The van der Waals surface area contributed by atoms with E-state index in [0.29, 0.717) is 44.8 Å². The molecule has 3 heterocycles. The molecule has 4 rings (SSSR count). The average Bonchev–Trinajstić information content (AvgIpc) is 3.01. The summed E-state index contributed by atoms with van der Waals surface area (Å²) in [5.74, 6) is 0.172. The molecule has 10 heteroatoms. The first kappa shape index (κ1) is 21.7. The molecule has 9 nitrogen and oxygen atoms in total. The van der Waals surface area contributed by atoms with Crippen LogP contribution in [0.15, 0.2) is 47.8 Å². The summed E-state index contributed by atoms with van der Waals surface area (Å²) in [7, 11) is 0.0993. The Morgan fingerprint density at radius 2 is 1.97 bits per heavy atom. The lowest BCUT2D eigenvalue weighted by atomic mass is 10.1. The van der Waals surface area contributed by atoms with Gasteiger partial charge in [-0.15, -0.1) is 0 Å². The van der Waals surface area contributed by atoms with Crippen LogP contribution in [0.5, 0.6) is 5.75 Å². The molecule has 0 N–H and O–H groups in total. The van der Waals surface area contributed by atoms with E-state index in [1.807, 2.05) is 19.0 Å². The normalized spacial score (nSPS) is 23.3. The molecule has 1 saturated heterocycles. The molecular formula is C21H27N5O4S. The van der Waals surface area contributed by atoms with Crippen LogP contribution in [-0.4, -0.2) is 90.8 Å². The second kappa shape index (κ2) is 8.89. The molecule has 0 aliphatic carbocycles. The van der Waals surface area contributed by atoms with E-state index in [-0.39, 0.29) is 28.6 Å². The zero-order valence-electron chi connectivity index (χ0n) is 17.7. The summed E-state index contributed by atoms with van der Waals surface area (Å²) in [4.78, 5) is 24.9. The first-order valence-corrected chi connectivity index (χ1v) is 11.8. The van der Waals surface area contributed by atoms with Gasteiger partial charge < -0.3 is 14.5 Å². The number of hydrogen-bond acceptors (Lipinski definition) is 7. The summed E-state index contributed by atoms with van der Waals surface area (Å²) in [6.45, 7) is 1.82. The maximum Gasteiger partial charge on any atom is 0.274 e. The van der Waals surface area contributed by atoms with Crippen LogP contribution in [0.4, 0.5) is 0 Å². The van der Waals surface area contributed by atoms with Crippen molar-refractivity contribution in [3.8, 4) is 5.75 Å². The summed E-state index contributed by atoms with van der Waals surface area (Å²) in [6.07, 6.45) is 5.13. The number of likely N-dealkylation sites (N-methyl/N-ethyl adjacent to an activating group) is 1. The predicted octanol–water partition coefficient (Wildman–Crippen LogP) is 1.09. The lowest BCUT2D eigenvalue weighted by molar-refractivity contribution is 0.0749. The number of sulfonamides is 1. The van der Waals surface area contributed by atoms with E-state index in [1.54, 1.807) is 33.5 Å². The number of rotatable bonds is 4. The summed E-state index contributed by atoms with van der Waals surface area (Å²) < 4.78 is 35.0. The number of aromatic nitrogens is 2. The quantitative estimate of drug-likeness (QED) is 0.695. The fraction of sp³-hybridized carbons (Fsp3) is 0.476. The van der Waals surface area contributed by atoms with Crippen LogP contribution in [0.3, 0.4) is 0 Å². The summed E-state index contributed by atoms with van der Waals surface area (Å²) in [6, 6.07) is 6.43. The van der Waals surface area contributed by atoms with Gasteiger partial charge in [0.1, 0.15) is 22.4 Å². The second-order valence-electron chi connectivity index (χ2n) is 8.05. The molecule has 0 saturated carbocycles. The van der Waals surface area contributed by atoms with Crippen molar-refractivity contribution in [3.63, 3.8) is 0 Å². The Kier molecular flexibility index (Phi) is 6.22. The lowest BCUT2D eigenvalue weighted by Gasteiger charge is -2.32. The van der Waals surface area contributed by atoms with Crippen molar-refractivity contribution in [2.75, 3.05) is 40.3 Å². The maximum atomic E-state index is 13.6. The monoisotopic (exact) mass is 445 g/mol. The van der Waals surface area contributed by atoms with Gasteiger partial charge in [-0.3, -0.25) is 9.78 Å². The van der Waals surface area contributed by atoms with E-state index in [1.165, 1.54) is 18.6 Å². The molecule has 2 aliphatic heterocycles. The predicted molar refractivity (Wildman–Crippen MR) is 114 cm³/mol. The number of amides is 1. The van der Waals surface area contributed by atoms with Gasteiger partial charge in [-0.05, 0) is 32.6 Å². The SMILES string of the molecule is CN(C)CCN1[C@H]2CCN(C(=O)c3cnccn3)CC[C@@H]2Oc2ccccc2S1(=O)=O. The van der Waals surface area contributed by atoms with Crippen molar-refractivity contribution in [3.05, 3.63) is 48.5 Å². The van der Waals surface area contributed by atoms with Gasteiger partial charge in [-0.25, -0.2) is 13.4 Å². The first-order valence-electron chi connectivity index (χ1n) is 10.4. The molecule has 2 aliphatic rings. The Morgan fingerprint density at radius 1 is 1.19 bits per heavy atom. The Labute approximate surface area is 182 Å². The van der Waals surface area contributed by atoms with E-state index in [4.69, 9.17) is 4.74 Å². The third-order valence-electron chi connectivity index (χ3n) is 5.73. The molecule has 0 unspecified atom stereocenters. The highest BCUT2D eigenvalue weighted by Crippen LogP contribution is 2.36. The summed E-state index contributed by atoms with van der Waals surface area (Å²) >= 11 is 0. The Balaban J connectivity index is 1.65. The number of hydrogen-bond donors (Lipinski definition) is 0. The molecule has 2 aromatic rings. The molecule has 1 aromatic carbocycles. The molecule has 1 aromatic heterocycles. The molecule has 31 heavy (non-hydrogen) atoms. The molecule has 0 spiro atoms.